The van der Waals surface area contributed by atoms with E-state index in [0.29, 0.717) is 5.75 Å². The van der Waals surface area contributed by atoms with Crippen molar-refractivity contribution in [1.29, 1.82) is 0 Å². The van der Waals surface area contributed by atoms with Gasteiger partial charge in [0.15, 0.2) is 0 Å². The monoisotopic (exact) mass is 627 g/mol. The molecule has 1 aromatic carbocycles. The Bertz CT molecular complexity index is 472. The summed E-state index contributed by atoms with van der Waals surface area (Å²) in [6, 6.07) is 3.64. The van der Waals surface area contributed by atoms with E-state index >= 15 is 0 Å². The molecule has 0 heterocycles. The summed E-state index contributed by atoms with van der Waals surface area (Å²) in [7, 11) is 0. The van der Waals surface area contributed by atoms with Crippen molar-refractivity contribution in [1.82, 2.24) is 0 Å². The number of hydrogen-bond donors (Lipinski definition) is 1. The molecule has 0 saturated carbocycles. The fourth-order valence-electron chi connectivity index (χ4n) is 1.17. The first-order valence-electron chi connectivity index (χ1n) is 4.76. The highest BCUT2D eigenvalue weighted by atomic mass is 127. The molecule has 0 amide bonds. The molecule has 0 saturated heterocycles. The lowest BCUT2D eigenvalue weighted by Crippen LogP contribution is -2.38. The Morgan fingerprint density at radius 1 is 1.26 bits per heavy atom. The maximum atomic E-state index is 12.7. The molecule has 0 bridgehead atoms. The molecule has 0 aliphatic carbocycles. The van der Waals surface area contributed by atoms with Crippen LogP contribution in [0.15, 0.2) is 12.1 Å². The fraction of sp³-hybridized carbons (Fsp3) is 0.300. The largest absolute Gasteiger partial charge is 0.490 e. The first-order chi connectivity index (χ1) is 8.62. The summed E-state index contributed by atoms with van der Waals surface area (Å²) in [6.45, 7) is -0.606. The second kappa shape index (κ2) is 7.24. The maximum Gasteiger partial charge on any atom is 0.401 e. The molecule has 19 heavy (non-hydrogen) atoms. The first kappa shape index (κ1) is 17.9. The van der Waals surface area contributed by atoms with E-state index in [4.69, 9.17) is 10.5 Å². The quantitative estimate of drug-likeness (QED) is 0.399. The lowest BCUT2D eigenvalue weighted by atomic mass is 10.1. The second-order valence-electron chi connectivity index (χ2n) is 3.51. The molecule has 106 valence electrons. The van der Waals surface area contributed by atoms with Crippen LogP contribution in [0.4, 0.5) is 13.2 Å². The Morgan fingerprint density at radius 2 is 1.74 bits per heavy atom. The molecule has 9 heteroatoms. The van der Waals surface area contributed by atoms with Crippen molar-refractivity contribution < 1.29 is 17.9 Å². The van der Waals surface area contributed by atoms with E-state index in [-0.39, 0.29) is 0 Å². The third-order valence-electron chi connectivity index (χ3n) is 2.10. The SMILES string of the molecule is NC(=S)C(COc1c(I)cc(I)cc1I)C(F)(F)F. The predicted molar refractivity (Wildman–Crippen MR) is 96.4 cm³/mol. The van der Waals surface area contributed by atoms with Gasteiger partial charge < -0.3 is 10.5 Å². The molecule has 1 rings (SSSR count). The van der Waals surface area contributed by atoms with Crippen LogP contribution in [0.3, 0.4) is 0 Å². The van der Waals surface area contributed by atoms with Crippen LogP contribution < -0.4 is 10.5 Å². The van der Waals surface area contributed by atoms with Crippen LogP contribution in [0.5, 0.6) is 5.75 Å². The molecule has 0 spiro atoms. The number of rotatable bonds is 4. The first-order valence-corrected chi connectivity index (χ1v) is 8.40. The number of alkyl halides is 3. The van der Waals surface area contributed by atoms with E-state index in [1.807, 2.05) is 57.3 Å². The van der Waals surface area contributed by atoms with Gasteiger partial charge in [0, 0.05) is 3.57 Å². The van der Waals surface area contributed by atoms with Gasteiger partial charge in [0.25, 0.3) is 0 Å². The third kappa shape index (κ3) is 5.30. The summed E-state index contributed by atoms with van der Waals surface area (Å²) >= 11 is 10.6. The maximum absolute atomic E-state index is 12.7. The summed E-state index contributed by atoms with van der Waals surface area (Å²) in [5.41, 5.74) is 5.11. The molecule has 2 N–H and O–H groups in total. The van der Waals surface area contributed by atoms with Gasteiger partial charge in [-0.2, -0.15) is 13.2 Å². The molecular weight excluding hydrogens is 620 g/mol. The Labute approximate surface area is 154 Å². The van der Waals surface area contributed by atoms with E-state index < -0.39 is 23.7 Å². The molecule has 0 aliphatic rings. The van der Waals surface area contributed by atoms with E-state index in [9.17, 15) is 13.2 Å². The summed E-state index contributed by atoms with van der Waals surface area (Å²) < 4.78 is 45.8. The smallest absolute Gasteiger partial charge is 0.401 e. The minimum absolute atomic E-state index is 0.423. The molecule has 0 radical (unpaired) electrons. The minimum atomic E-state index is -4.49. The predicted octanol–water partition coefficient (Wildman–Crippen LogP) is 4.34. The number of hydrogen-bond acceptors (Lipinski definition) is 2. The van der Waals surface area contributed by atoms with Crippen LogP contribution in [0.25, 0.3) is 0 Å². The van der Waals surface area contributed by atoms with Gasteiger partial charge in [0.05, 0.1) is 12.1 Å². The van der Waals surface area contributed by atoms with Crippen molar-refractivity contribution >= 4 is 85.0 Å². The van der Waals surface area contributed by atoms with Crippen molar-refractivity contribution in [2.24, 2.45) is 11.7 Å². The van der Waals surface area contributed by atoms with Gasteiger partial charge in [-0.15, -0.1) is 0 Å². The van der Waals surface area contributed by atoms with Gasteiger partial charge in [-0.3, -0.25) is 0 Å². The molecule has 1 aromatic rings. The van der Waals surface area contributed by atoms with Crippen LogP contribution in [0.2, 0.25) is 0 Å². The summed E-state index contributed by atoms with van der Waals surface area (Å²) in [4.78, 5) is -0.608. The second-order valence-corrected chi connectivity index (χ2v) is 7.55. The van der Waals surface area contributed by atoms with Crippen molar-refractivity contribution in [3.05, 3.63) is 22.8 Å². The van der Waals surface area contributed by atoms with Gasteiger partial charge in [0.2, 0.25) is 0 Å². The van der Waals surface area contributed by atoms with Crippen LogP contribution in [0, 0.1) is 16.6 Å². The van der Waals surface area contributed by atoms with Gasteiger partial charge in [-0.25, -0.2) is 0 Å². The summed E-state index contributed by atoms with van der Waals surface area (Å²) in [5.74, 6) is -1.51. The van der Waals surface area contributed by atoms with E-state index in [2.05, 4.69) is 34.8 Å². The number of nitrogens with two attached hydrogens (primary N) is 1. The third-order valence-corrected chi connectivity index (χ3v) is 4.61. The normalized spacial score (nSPS) is 13.2. The average molecular weight is 627 g/mol. The summed E-state index contributed by atoms with van der Waals surface area (Å²) in [6.07, 6.45) is -4.49. The highest BCUT2D eigenvalue weighted by Crippen LogP contribution is 2.32. The minimum Gasteiger partial charge on any atom is -0.490 e. The number of benzene rings is 1. The van der Waals surface area contributed by atoms with Crippen LogP contribution in [-0.4, -0.2) is 17.8 Å². The molecule has 0 aliphatic heterocycles. The van der Waals surface area contributed by atoms with Crippen molar-refractivity contribution in [3.8, 4) is 5.75 Å². The Kier molecular flexibility index (Phi) is 6.84. The molecular formula is C10H7F3I3NOS. The number of ether oxygens (including phenoxy) is 1. The van der Waals surface area contributed by atoms with E-state index in [0.717, 1.165) is 10.7 Å². The zero-order chi connectivity index (χ0) is 14.8. The molecule has 2 nitrogen and oxygen atoms in total. The highest BCUT2D eigenvalue weighted by Gasteiger charge is 2.42. The number of halogens is 6. The molecule has 1 unspecified atom stereocenters. The van der Waals surface area contributed by atoms with Crippen molar-refractivity contribution in [2.75, 3.05) is 6.61 Å². The molecule has 1 atom stereocenters. The highest BCUT2D eigenvalue weighted by molar-refractivity contribution is 14.1. The standard InChI is InChI=1S/C10H7F3I3NOS/c11-10(12,13)5(9(17)19)3-18-8-6(15)1-4(14)2-7(8)16/h1-2,5H,3H2,(H2,17,19). The number of thiocarbonyl (C=S) groups is 1. The topological polar surface area (TPSA) is 35.2 Å². The Hall–Kier alpha value is 0.890. The Balaban J connectivity index is 2.90. The zero-order valence-electron chi connectivity index (χ0n) is 9.10. The van der Waals surface area contributed by atoms with Gasteiger partial charge in [0.1, 0.15) is 18.3 Å². The Morgan fingerprint density at radius 3 is 2.11 bits per heavy atom. The van der Waals surface area contributed by atoms with Crippen molar-refractivity contribution in [3.63, 3.8) is 0 Å². The van der Waals surface area contributed by atoms with Gasteiger partial charge >= 0.3 is 6.18 Å². The van der Waals surface area contributed by atoms with Gasteiger partial charge in [-0.1, -0.05) is 12.2 Å². The molecule has 0 aromatic heterocycles. The molecule has 0 fully saturated rings. The fourth-order valence-corrected chi connectivity index (χ4v) is 5.27. The lowest BCUT2D eigenvalue weighted by molar-refractivity contribution is -0.161. The van der Waals surface area contributed by atoms with E-state index in [1.54, 1.807) is 0 Å². The lowest BCUT2D eigenvalue weighted by Gasteiger charge is -2.20. The summed E-state index contributed by atoms with van der Waals surface area (Å²) in [5, 5.41) is 0. The van der Waals surface area contributed by atoms with Crippen LogP contribution >= 0.6 is 80.0 Å². The van der Waals surface area contributed by atoms with Crippen molar-refractivity contribution in [2.45, 2.75) is 6.18 Å². The van der Waals surface area contributed by atoms with Crippen LogP contribution in [0.1, 0.15) is 0 Å². The van der Waals surface area contributed by atoms with E-state index in [1.165, 1.54) is 0 Å². The zero-order valence-corrected chi connectivity index (χ0v) is 16.4. The average Bonchev–Trinajstić information content (AvgIpc) is 2.18. The van der Waals surface area contributed by atoms with Gasteiger partial charge in [-0.05, 0) is 79.9 Å². The van der Waals surface area contributed by atoms with Crippen LogP contribution in [-0.2, 0) is 0 Å².